The largest absolute Gasteiger partial charge is 0.490 e. The van der Waals surface area contributed by atoms with Gasteiger partial charge in [0.15, 0.2) is 11.6 Å². The van der Waals surface area contributed by atoms with Crippen molar-refractivity contribution in [2.75, 3.05) is 19.8 Å². The first-order valence-electron chi connectivity index (χ1n) is 8.91. The summed E-state index contributed by atoms with van der Waals surface area (Å²) in [4.78, 5) is 0.871. The number of halogens is 3. The van der Waals surface area contributed by atoms with Crippen molar-refractivity contribution in [2.24, 2.45) is 5.92 Å². The standard InChI is InChI=1S/C21H21ClF2O3S/c1-2-3-18(26-11-10-25)15-12-27-20-17(24)9-8-16(23)19(20)21(15)28-14-6-4-13(22)5-7-14/h2,4-9,15,18,21,25H,1,3,10-12H2/t15-,18+,21-/m0/s1. The molecule has 0 aromatic heterocycles. The normalized spacial score (nSPS) is 19.6. The van der Waals surface area contributed by atoms with E-state index < -0.39 is 16.9 Å². The molecule has 1 aliphatic heterocycles. The Hall–Kier alpha value is -1.60. The van der Waals surface area contributed by atoms with Gasteiger partial charge in [0, 0.05) is 26.6 Å². The van der Waals surface area contributed by atoms with Crippen LogP contribution in [0.2, 0.25) is 5.02 Å². The minimum Gasteiger partial charge on any atom is -0.490 e. The lowest BCUT2D eigenvalue weighted by atomic mass is 9.89. The van der Waals surface area contributed by atoms with Crippen LogP contribution in [0.15, 0.2) is 53.9 Å². The van der Waals surface area contributed by atoms with Crippen molar-refractivity contribution in [1.29, 1.82) is 0 Å². The summed E-state index contributed by atoms with van der Waals surface area (Å²) < 4.78 is 40.5. The number of fused-ring (bicyclic) bond motifs is 1. The molecule has 7 heteroatoms. The van der Waals surface area contributed by atoms with Gasteiger partial charge in [-0.3, -0.25) is 0 Å². The van der Waals surface area contributed by atoms with Crippen LogP contribution in [0.25, 0.3) is 0 Å². The highest BCUT2D eigenvalue weighted by molar-refractivity contribution is 7.99. The smallest absolute Gasteiger partial charge is 0.165 e. The number of benzene rings is 2. The molecule has 0 fully saturated rings. The molecule has 0 radical (unpaired) electrons. The van der Waals surface area contributed by atoms with Gasteiger partial charge < -0.3 is 14.6 Å². The van der Waals surface area contributed by atoms with Crippen LogP contribution in [0, 0.1) is 17.6 Å². The van der Waals surface area contributed by atoms with Crippen LogP contribution in [0.4, 0.5) is 8.78 Å². The molecular formula is C21H21ClF2O3S. The maximum Gasteiger partial charge on any atom is 0.165 e. The molecule has 1 heterocycles. The highest BCUT2D eigenvalue weighted by Gasteiger charge is 2.40. The zero-order valence-electron chi connectivity index (χ0n) is 15.1. The monoisotopic (exact) mass is 426 g/mol. The summed E-state index contributed by atoms with van der Waals surface area (Å²) in [5.41, 5.74) is 0.192. The van der Waals surface area contributed by atoms with E-state index in [1.165, 1.54) is 11.8 Å². The fraction of sp³-hybridized carbons (Fsp3) is 0.333. The van der Waals surface area contributed by atoms with Gasteiger partial charge in [-0.1, -0.05) is 17.7 Å². The Morgan fingerprint density at radius 1 is 1.25 bits per heavy atom. The van der Waals surface area contributed by atoms with Crippen LogP contribution in [-0.4, -0.2) is 31.0 Å². The van der Waals surface area contributed by atoms with E-state index in [4.69, 9.17) is 26.2 Å². The van der Waals surface area contributed by atoms with Gasteiger partial charge in [0.2, 0.25) is 0 Å². The molecule has 3 nitrogen and oxygen atoms in total. The predicted octanol–water partition coefficient (Wildman–Crippen LogP) is 5.41. The van der Waals surface area contributed by atoms with Gasteiger partial charge in [0.25, 0.3) is 0 Å². The third kappa shape index (κ3) is 4.69. The summed E-state index contributed by atoms with van der Waals surface area (Å²) in [7, 11) is 0. The topological polar surface area (TPSA) is 38.7 Å². The van der Waals surface area contributed by atoms with Gasteiger partial charge in [-0.05, 0) is 42.8 Å². The van der Waals surface area contributed by atoms with E-state index in [-0.39, 0.29) is 43.2 Å². The number of aliphatic hydroxyl groups excluding tert-OH is 1. The highest BCUT2D eigenvalue weighted by Crippen LogP contribution is 2.50. The molecule has 0 unspecified atom stereocenters. The molecule has 150 valence electrons. The van der Waals surface area contributed by atoms with E-state index >= 15 is 0 Å². The number of rotatable bonds is 8. The SMILES string of the molecule is C=CC[C@@H](OCCO)[C@@H]1COc2c(F)ccc(F)c2[C@H]1Sc1ccc(Cl)cc1. The van der Waals surface area contributed by atoms with Gasteiger partial charge in [0.1, 0.15) is 5.82 Å². The number of ether oxygens (including phenoxy) is 2. The van der Waals surface area contributed by atoms with Crippen LogP contribution in [-0.2, 0) is 4.74 Å². The zero-order chi connectivity index (χ0) is 20.1. The molecule has 0 aliphatic carbocycles. The summed E-state index contributed by atoms with van der Waals surface area (Å²) in [6.45, 7) is 3.94. The minimum atomic E-state index is -0.590. The third-order valence-electron chi connectivity index (χ3n) is 4.56. The van der Waals surface area contributed by atoms with Crippen LogP contribution >= 0.6 is 23.4 Å². The summed E-state index contributed by atoms with van der Waals surface area (Å²) in [5, 5.41) is 9.30. The Kier molecular flexibility index (Phi) is 7.35. The van der Waals surface area contributed by atoms with Crippen molar-refractivity contribution in [1.82, 2.24) is 0 Å². The number of hydrogen-bond donors (Lipinski definition) is 1. The molecule has 2 aromatic rings. The molecule has 1 N–H and O–H groups in total. The lowest BCUT2D eigenvalue weighted by Crippen LogP contribution is -2.37. The Morgan fingerprint density at radius 2 is 1.96 bits per heavy atom. The molecule has 0 saturated heterocycles. The predicted molar refractivity (Wildman–Crippen MR) is 107 cm³/mol. The van der Waals surface area contributed by atoms with Gasteiger partial charge in [-0.25, -0.2) is 8.78 Å². The molecule has 0 amide bonds. The Morgan fingerprint density at radius 3 is 2.64 bits per heavy atom. The average molecular weight is 427 g/mol. The second kappa shape index (κ2) is 9.74. The van der Waals surface area contributed by atoms with Gasteiger partial charge >= 0.3 is 0 Å². The van der Waals surface area contributed by atoms with E-state index in [9.17, 15) is 8.78 Å². The van der Waals surface area contributed by atoms with E-state index in [0.29, 0.717) is 11.4 Å². The van der Waals surface area contributed by atoms with E-state index in [2.05, 4.69) is 6.58 Å². The van der Waals surface area contributed by atoms with E-state index in [1.54, 1.807) is 18.2 Å². The number of hydrogen-bond acceptors (Lipinski definition) is 4. The Bertz CT molecular complexity index is 816. The van der Waals surface area contributed by atoms with Gasteiger partial charge in [-0.2, -0.15) is 0 Å². The second-order valence-electron chi connectivity index (χ2n) is 6.40. The lowest BCUT2D eigenvalue weighted by Gasteiger charge is -2.37. The average Bonchev–Trinajstić information content (AvgIpc) is 2.70. The van der Waals surface area contributed by atoms with E-state index in [1.807, 2.05) is 12.1 Å². The van der Waals surface area contributed by atoms with Crippen molar-refractivity contribution in [3.05, 3.63) is 71.3 Å². The molecule has 2 aromatic carbocycles. The quantitative estimate of drug-likeness (QED) is 0.572. The third-order valence-corrected chi connectivity index (χ3v) is 6.20. The first-order valence-corrected chi connectivity index (χ1v) is 10.2. The lowest BCUT2D eigenvalue weighted by molar-refractivity contribution is -0.0214. The summed E-state index contributed by atoms with van der Waals surface area (Å²) in [6.07, 6.45) is 1.85. The van der Waals surface area contributed by atoms with Crippen LogP contribution < -0.4 is 4.74 Å². The molecule has 0 bridgehead atoms. The molecular weight excluding hydrogens is 406 g/mol. The van der Waals surface area contributed by atoms with E-state index in [0.717, 1.165) is 17.0 Å². The molecule has 28 heavy (non-hydrogen) atoms. The summed E-state index contributed by atoms with van der Waals surface area (Å²) >= 11 is 7.38. The first kappa shape index (κ1) is 21.1. The highest BCUT2D eigenvalue weighted by atomic mass is 35.5. The molecule has 0 spiro atoms. The van der Waals surface area contributed by atoms with Crippen molar-refractivity contribution >= 4 is 23.4 Å². The van der Waals surface area contributed by atoms with Crippen LogP contribution in [0.5, 0.6) is 5.75 Å². The van der Waals surface area contributed by atoms with Gasteiger partial charge in [0.05, 0.1) is 25.9 Å². The maximum absolute atomic E-state index is 14.8. The Balaban J connectivity index is 2.01. The minimum absolute atomic E-state index is 0.0535. The zero-order valence-corrected chi connectivity index (χ0v) is 16.7. The van der Waals surface area contributed by atoms with Crippen molar-refractivity contribution in [3.8, 4) is 5.75 Å². The van der Waals surface area contributed by atoms with Crippen LogP contribution in [0.1, 0.15) is 17.2 Å². The summed E-state index contributed by atoms with van der Waals surface area (Å²) in [5.74, 6) is -1.43. The maximum atomic E-state index is 14.8. The second-order valence-corrected chi connectivity index (χ2v) is 8.05. The van der Waals surface area contributed by atoms with Crippen molar-refractivity contribution in [2.45, 2.75) is 22.7 Å². The van der Waals surface area contributed by atoms with Crippen molar-refractivity contribution in [3.63, 3.8) is 0 Å². The van der Waals surface area contributed by atoms with Gasteiger partial charge in [-0.15, -0.1) is 18.3 Å². The fourth-order valence-electron chi connectivity index (χ4n) is 3.28. The number of aliphatic hydroxyl groups is 1. The molecule has 0 saturated carbocycles. The van der Waals surface area contributed by atoms with Crippen LogP contribution in [0.3, 0.4) is 0 Å². The van der Waals surface area contributed by atoms with Crippen molar-refractivity contribution < 1.29 is 23.4 Å². The first-order chi connectivity index (χ1) is 13.5. The Labute approximate surface area is 172 Å². The summed E-state index contributed by atoms with van der Waals surface area (Å²) in [6, 6.07) is 9.38. The molecule has 3 atom stereocenters. The molecule has 3 rings (SSSR count). The number of thioether (sulfide) groups is 1. The fourth-order valence-corrected chi connectivity index (χ4v) is 4.76. The molecule has 1 aliphatic rings.